The third kappa shape index (κ3) is 5.28. The predicted molar refractivity (Wildman–Crippen MR) is 79.5 cm³/mol. The molecule has 0 aromatic carbocycles. The zero-order valence-corrected chi connectivity index (χ0v) is 13.8. The lowest BCUT2D eigenvalue weighted by Gasteiger charge is -2.38. The summed E-state index contributed by atoms with van der Waals surface area (Å²) in [5.41, 5.74) is 5.74. The lowest BCUT2D eigenvalue weighted by Crippen LogP contribution is -2.54. The van der Waals surface area contributed by atoms with E-state index in [1.54, 1.807) is 0 Å². The van der Waals surface area contributed by atoms with Crippen molar-refractivity contribution < 1.29 is 16.8 Å². The van der Waals surface area contributed by atoms with E-state index in [0.29, 0.717) is 32.7 Å². The number of hydrogen-bond acceptors (Lipinski definition) is 6. The molecule has 0 aromatic heterocycles. The molecule has 2 N–H and O–H groups in total. The van der Waals surface area contributed by atoms with E-state index in [2.05, 4.69) is 11.8 Å². The highest BCUT2D eigenvalue weighted by Crippen LogP contribution is 2.14. The Bertz CT molecular complexity index is 496. The minimum Gasteiger partial charge on any atom is -0.329 e. The van der Waals surface area contributed by atoms with E-state index < -0.39 is 24.9 Å². The fourth-order valence-corrected chi connectivity index (χ4v) is 5.95. The fourth-order valence-electron chi connectivity index (χ4n) is 2.47. The molecule has 120 valence electrons. The van der Waals surface area contributed by atoms with Crippen molar-refractivity contribution in [1.29, 1.82) is 0 Å². The van der Waals surface area contributed by atoms with Crippen molar-refractivity contribution in [2.75, 3.05) is 44.1 Å². The van der Waals surface area contributed by atoms with Gasteiger partial charge in [-0.25, -0.2) is 16.8 Å². The zero-order valence-electron chi connectivity index (χ0n) is 12.2. The minimum atomic E-state index is -3.72. The van der Waals surface area contributed by atoms with Crippen LogP contribution in [-0.2, 0) is 19.9 Å². The average molecular weight is 327 g/mol. The molecule has 0 spiro atoms. The molecule has 0 amide bonds. The van der Waals surface area contributed by atoms with Crippen LogP contribution in [0, 0.1) is 0 Å². The second-order valence-corrected chi connectivity index (χ2v) is 9.74. The molecule has 9 heteroatoms. The first kappa shape index (κ1) is 17.8. The van der Waals surface area contributed by atoms with Crippen LogP contribution < -0.4 is 5.73 Å². The first-order valence-electron chi connectivity index (χ1n) is 6.79. The van der Waals surface area contributed by atoms with Gasteiger partial charge >= 0.3 is 0 Å². The van der Waals surface area contributed by atoms with Crippen molar-refractivity contribution in [2.24, 2.45) is 5.73 Å². The summed E-state index contributed by atoms with van der Waals surface area (Å²) in [4.78, 5) is 2.19. The summed E-state index contributed by atoms with van der Waals surface area (Å²) in [7, 11) is -7.26. The molecule has 1 atom stereocenters. The summed E-state index contributed by atoms with van der Waals surface area (Å²) in [6.45, 7) is 4.52. The van der Waals surface area contributed by atoms with Crippen LogP contribution in [0.15, 0.2) is 0 Å². The second-order valence-electron chi connectivity index (χ2n) is 5.27. The first-order chi connectivity index (χ1) is 9.19. The van der Waals surface area contributed by atoms with E-state index in [9.17, 15) is 16.8 Å². The van der Waals surface area contributed by atoms with Crippen molar-refractivity contribution in [3.8, 4) is 0 Å². The van der Waals surface area contributed by atoms with Crippen LogP contribution in [0.25, 0.3) is 0 Å². The van der Waals surface area contributed by atoms with Crippen LogP contribution in [0.2, 0.25) is 0 Å². The molecule has 0 aliphatic carbocycles. The third-order valence-corrected chi connectivity index (χ3v) is 7.50. The molecule has 1 rings (SSSR count). The molecule has 0 radical (unpaired) electrons. The predicted octanol–water partition coefficient (Wildman–Crippen LogP) is -0.937. The molecule has 1 saturated heterocycles. The summed E-state index contributed by atoms with van der Waals surface area (Å²) in [6, 6.07) is 0.278. The van der Waals surface area contributed by atoms with Gasteiger partial charge in [-0.2, -0.15) is 4.31 Å². The van der Waals surface area contributed by atoms with Gasteiger partial charge in [-0.05, 0) is 6.42 Å². The summed E-state index contributed by atoms with van der Waals surface area (Å²) in [6.07, 6.45) is 2.97. The largest absolute Gasteiger partial charge is 0.329 e. The smallest absolute Gasteiger partial charge is 0.228 e. The lowest BCUT2D eigenvalue weighted by atomic mass is 10.1. The Morgan fingerprint density at radius 3 is 2.05 bits per heavy atom. The van der Waals surface area contributed by atoms with E-state index in [-0.39, 0.29) is 6.04 Å². The molecule has 0 saturated carbocycles. The molecule has 20 heavy (non-hydrogen) atoms. The Balaban J connectivity index is 2.62. The van der Waals surface area contributed by atoms with Gasteiger partial charge in [0.2, 0.25) is 10.0 Å². The maximum Gasteiger partial charge on any atom is 0.228 e. The monoisotopic (exact) mass is 327 g/mol. The van der Waals surface area contributed by atoms with E-state index in [1.165, 1.54) is 4.31 Å². The summed E-state index contributed by atoms with van der Waals surface area (Å²) in [5, 5.41) is -0.810. The van der Waals surface area contributed by atoms with Gasteiger partial charge in [0.15, 0.2) is 14.9 Å². The average Bonchev–Trinajstić information content (AvgIpc) is 2.33. The SMILES string of the molecule is CCCC(CN)N1CCN(S(=O)(=O)CS(C)(=O)=O)CC1. The van der Waals surface area contributed by atoms with Gasteiger partial charge in [0.05, 0.1) is 0 Å². The molecule has 1 aliphatic heterocycles. The summed E-state index contributed by atoms with van der Waals surface area (Å²) in [5.74, 6) is 0. The number of nitrogens with zero attached hydrogens (tertiary/aromatic N) is 2. The van der Waals surface area contributed by atoms with Gasteiger partial charge in [0.25, 0.3) is 0 Å². The van der Waals surface area contributed by atoms with E-state index >= 15 is 0 Å². The fraction of sp³-hybridized carbons (Fsp3) is 1.00. The molecule has 7 nitrogen and oxygen atoms in total. The van der Waals surface area contributed by atoms with Crippen LogP contribution >= 0.6 is 0 Å². The van der Waals surface area contributed by atoms with Gasteiger partial charge in [-0.1, -0.05) is 13.3 Å². The molecule has 1 heterocycles. The number of sulfone groups is 1. The van der Waals surface area contributed by atoms with Crippen molar-refractivity contribution in [2.45, 2.75) is 25.8 Å². The number of nitrogens with two attached hydrogens (primary N) is 1. The molecule has 1 unspecified atom stereocenters. The quantitative estimate of drug-likeness (QED) is 0.648. The van der Waals surface area contributed by atoms with Gasteiger partial charge in [-0.15, -0.1) is 0 Å². The van der Waals surface area contributed by atoms with Gasteiger partial charge in [0.1, 0.15) is 0 Å². The van der Waals surface area contributed by atoms with Crippen molar-refractivity contribution in [3.05, 3.63) is 0 Å². The highest BCUT2D eigenvalue weighted by Gasteiger charge is 2.31. The molecule has 0 bridgehead atoms. The standard InChI is InChI=1S/C11H25N3O4S2/c1-3-4-11(9-12)13-5-7-14(8-6-13)20(17,18)10-19(2,15)16/h11H,3-10,12H2,1-2H3. The van der Waals surface area contributed by atoms with E-state index in [0.717, 1.165) is 19.1 Å². The van der Waals surface area contributed by atoms with Gasteiger partial charge in [-0.3, -0.25) is 4.90 Å². The van der Waals surface area contributed by atoms with Crippen LogP contribution in [0.5, 0.6) is 0 Å². The van der Waals surface area contributed by atoms with Crippen LogP contribution in [0.4, 0.5) is 0 Å². The highest BCUT2D eigenvalue weighted by molar-refractivity contribution is 8.06. The molecular formula is C11H25N3O4S2. The Morgan fingerprint density at radius 1 is 1.10 bits per heavy atom. The summed E-state index contributed by atoms with van der Waals surface area (Å²) >= 11 is 0. The lowest BCUT2D eigenvalue weighted by molar-refractivity contribution is 0.134. The first-order valence-corrected chi connectivity index (χ1v) is 10.5. The zero-order chi connectivity index (χ0) is 15.4. The number of rotatable bonds is 7. The number of piperazine rings is 1. The topological polar surface area (TPSA) is 101 Å². The van der Waals surface area contributed by atoms with Gasteiger partial charge in [0, 0.05) is 45.0 Å². The second kappa shape index (κ2) is 7.17. The maximum atomic E-state index is 12.0. The van der Waals surface area contributed by atoms with Crippen molar-refractivity contribution >= 4 is 19.9 Å². The Morgan fingerprint density at radius 2 is 1.65 bits per heavy atom. The van der Waals surface area contributed by atoms with Crippen LogP contribution in [0.3, 0.4) is 0 Å². The van der Waals surface area contributed by atoms with E-state index in [4.69, 9.17) is 5.73 Å². The van der Waals surface area contributed by atoms with Crippen LogP contribution in [-0.4, -0.2) is 76.1 Å². The molecule has 1 fully saturated rings. The normalized spacial score (nSPS) is 20.9. The number of sulfonamides is 1. The Kier molecular flexibility index (Phi) is 6.39. The number of hydrogen-bond donors (Lipinski definition) is 1. The van der Waals surface area contributed by atoms with Crippen LogP contribution in [0.1, 0.15) is 19.8 Å². The van der Waals surface area contributed by atoms with Crippen molar-refractivity contribution in [1.82, 2.24) is 9.21 Å². The summed E-state index contributed by atoms with van der Waals surface area (Å²) < 4.78 is 47.5. The van der Waals surface area contributed by atoms with E-state index in [1.807, 2.05) is 0 Å². The maximum absolute atomic E-state index is 12.0. The van der Waals surface area contributed by atoms with Crippen molar-refractivity contribution in [3.63, 3.8) is 0 Å². The third-order valence-electron chi connectivity index (χ3n) is 3.44. The Hall–Kier alpha value is -0.220. The molecule has 0 aromatic rings. The van der Waals surface area contributed by atoms with Gasteiger partial charge < -0.3 is 5.73 Å². The highest BCUT2D eigenvalue weighted by atomic mass is 32.3. The molecular weight excluding hydrogens is 302 g/mol. The minimum absolute atomic E-state index is 0.278. The Labute approximate surface area is 122 Å². The molecule has 1 aliphatic rings.